The first kappa shape index (κ1) is 13.6. The van der Waals surface area contributed by atoms with Gasteiger partial charge in [-0.05, 0) is 6.42 Å². The Morgan fingerprint density at radius 1 is 1.35 bits per heavy atom. The van der Waals surface area contributed by atoms with E-state index in [4.69, 9.17) is 11.5 Å². The van der Waals surface area contributed by atoms with Gasteiger partial charge >= 0.3 is 0 Å². The van der Waals surface area contributed by atoms with Crippen LogP contribution in [0.5, 0.6) is 0 Å². The maximum atomic E-state index is 11.3. The van der Waals surface area contributed by atoms with Crippen molar-refractivity contribution in [3.8, 4) is 0 Å². The van der Waals surface area contributed by atoms with Crippen molar-refractivity contribution in [3.05, 3.63) is 6.07 Å². The molecular formula is C10H17N5OS. The number of hydrogen-bond donors (Lipinski definition) is 2. The minimum Gasteiger partial charge on any atom is -0.383 e. The summed E-state index contributed by atoms with van der Waals surface area (Å²) in [4.78, 5) is 21.0. The molecule has 17 heavy (non-hydrogen) atoms. The number of nitrogen functional groups attached to an aromatic ring is 2. The molecule has 94 valence electrons. The van der Waals surface area contributed by atoms with E-state index < -0.39 is 0 Å². The first-order valence-electron chi connectivity index (χ1n) is 5.22. The Morgan fingerprint density at radius 2 is 1.94 bits per heavy atom. The number of thioether (sulfide) groups is 1. The number of rotatable bonds is 5. The maximum Gasteiger partial charge on any atom is 0.222 e. The highest BCUT2D eigenvalue weighted by Gasteiger charge is 2.05. The van der Waals surface area contributed by atoms with E-state index in [0.717, 1.165) is 12.2 Å². The second kappa shape index (κ2) is 6.29. The molecule has 1 amide bonds. The van der Waals surface area contributed by atoms with E-state index in [2.05, 4.69) is 9.97 Å². The number of nitrogens with two attached hydrogens (primary N) is 2. The third-order valence-corrected chi connectivity index (χ3v) is 2.94. The normalized spacial score (nSPS) is 10.2. The van der Waals surface area contributed by atoms with Crippen LogP contribution >= 0.6 is 11.8 Å². The van der Waals surface area contributed by atoms with Gasteiger partial charge in [-0.1, -0.05) is 11.8 Å². The molecule has 0 spiro atoms. The highest BCUT2D eigenvalue weighted by molar-refractivity contribution is 7.99. The summed E-state index contributed by atoms with van der Waals surface area (Å²) in [6.07, 6.45) is 1.30. The third kappa shape index (κ3) is 4.90. The lowest BCUT2D eigenvalue weighted by Crippen LogP contribution is -2.21. The number of carbonyl (C=O) groups is 1. The highest BCUT2D eigenvalue weighted by Crippen LogP contribution is 2.17. The summed E-state index contributed by atoms with van der Waals surface area (Å²) in [5, 5.41) is 0.555. The van der Waals surface area contributed by atoms with Gasteiger partial charge in [0.2, 0.25) is 5.91 Å². The second-order valence-corrected chi connectivity index (χ2v) is 4.80. The van der Waals surface area contributed by atoms with Crippen molar-refractivity contribution in [2.24, 2.45) is 0 Å². The van der Waals surface area contributed by atoms with Crippen LogP contribution in [0, 0.1) is 0 Å². The molecule has 0 saturated heterocycles. The van der Waals surface area contributed by atoms with E-state index in [-0.39, 0.29) is 5.91 Å². The van der Waals surface area contributed by atoms with Crippen molar-refractivity contribution in [1.82, 2.24) is 14.9 Å². The monoisotopic (exact) mass is 255 g/mol. The minimum absolute atomic E-state index is 0.124. The van der Waals surface area contributed by atoms with Gasteiger partial charge in [0, 0.05) is 32.3 Å². The number of anilines is 2. The van der Waals surface area contributed by atoms with Crippen molar-refractivity contribution in [2.45, 2.75) is 18.0 Å². The molecule has 6 nitrogen and oxygen atoms in total. The van der Waals surface area contributed by atoms with Crippen LogP contribution in [0.3, 0.4) is 0 Å². The average molecular weight is 255 g/mol. The van der Waals surface area contributed by atoms with Crippen LogP contribution in [-0.2, 0) is 4.79 Å². The molecule has 1 aromatic heterocycles. The van der Waals surface area contributed by atoms with E-state index in [9.17, 15) is 4.79 Å². The van der Waals surface area contributed by atoms with Gasteiger partial charge in [0.1, 0.15) is 11.6 Å². The van der Waals surface area contributed by atoms with Gasteiger partial charge < -0.3 is 16.4 Å². The van der Waals surface area contributed by atoms with E-state index in [1.165, 1.54) is 17.8 Å². The Balaban J connectivity index is 2.33. The standard InChI is InChI=1S/C10H17N5OS/c1-15(2)9(16)4-3-5-17-10-13-7(11)6-8(12)14-10/h6H,3-5H2,1-2H3,(H4,11,12,13,14). The van der Waals surface area contributed by atoms with Crippen LogP contribution in [0.4, 0.5) is 11.6 Å². The number of amides is 1. The molecule has 0 atom stereocenters. The molecule has 7 heteroatoms. The first-order chi connectivity index (χ1) is 7.99. The largest absolute Gasteiger partial charge is 0.383 e. The number of nitrogens with zero attached hydrogens (tertiary/aromatic N) is 3. The van der Waals surface area contributed by atoms with Crippen molar-refractivity contribution in [3.63, 3.8) is 0 Å². The fraction of sp³-hybridized carbons (Fsp3) is 0.500. The van der Waals surface area contributed by atoms with Crippen LogP contribution in [0.2, 0.25) is 0 Å². The lowest BCUT2D eigenvalue weighted by molar-refractivity contribution is -0.128. The molecule has 1 heterocycles. The van der Waals surface area contributed by atoms with Gasteiger partial charge in [0.25, 0.3) is 0 Å². The summed E-state index contributed by atoms with van der Waals surface area (Å²) in [6.45, 7) is 0. The predicted octanol–water partition coefficient (Wildman–Crippen LogP) is 0.601. The lowest BCUT2D eigenvalue weighted by Gasteiger charge is -2.09. The zero-order chi connectivity index (χ0) is 12.8. The summed E-state index contributed by atoms with van der Waals surface area (Å²) in [7, 11) is 3.49. The maximum absolute atomic E-state index is 11.3. The van der Waals surface area contributed by atoms with Gasteiger partial charge in [-0.2, -0.15) is 0 Å². The average Bonchev–Trinajstić information content (AvgIpc) is 2.22. The van der Waals surface area contributed by atoms with Crippen LogP contribution < -0.4 is 11.5 Å². The molecule has 1 aromatic rings. The summed E-state index contributed by atoms with van der Waals surface area (Å²) >= 11 is 1.45. The molecule has 0 saturated carbocycles. The molecule has 0 fully saturated rings. The van der Waals surface area contributed by atoms with E-state index >= 15 is 0 Å². The van der Waals surface area contributed by atoms with Crippen molar-refractivity contribution < 1.29 is 4.79 Å². The summed E-state index contributed by atoms with van der Waals surface area (Å²) < 4.78 is 0. The lowest BCUT2D eigenvalue weighted by atomic mass is 10.3. The van der Waals surface area contributed by atoms with Crippen LogP contribution in [0.1, 0.15) is 12.8 Å². The summed E-state index contributed by atoms with van der Waals surface area (Å²) in [5.74, 6) is 1.62. The van der Waals surface area contributed by atoms with Gasteiger partial charge in [0.15, 0.2) is 5.16 Å². The topological polar surface area (TPSA) is 98.1 Å². The molecule has 0 aliphatic carbocycles. The molecule has 0 aromatic carbocycles. The van der Waals surface area contributed by atoms with E-state index in [1.807, 2.05) is 0 Å². The first-order valence-corrected chi connectivity index (χ1v) is 6.20. The Morgan fingerprint density at radius 3 is 2.47 bits per heavy atom. The van der Waals surface area contributed by atoms with Crippen LogP contribution in [-0.4, -0.2) is 40.6 Å². The Hall–Kier alpha value is -1.50. The van der Waals surface area contributed by atoms with Gasteiger partial charge in [0.05, 0.1) is 0 Å². The Bertz CT molecular complexity index is 376. The van der Waals surface area contributed by atoms with Crippen LogP contribution in [0.25, 0.3) is 0 Å². The molecule has 0 bridgehead atoms. The summed E-state index contributed by atoms with van der Waals surface area (Å²) in [5.41, 5.74) is 11.1. The smallest absolute Gasteiger partial charge is 0.222 e. The number of carbonyl (C=O) groups excluding carboxylic acids is 1. The molecule has 1 rings (SSSR count). The molecule has 0 radical (unpaired) electrons. The number of hydrogen-bond acceptors (Lipinski definition) is 6. The third-order valence-electron chi connectivity index (χ3n) is 2.01. The number of aromatic nitrogens is 2. The Kier molecular flexibility index (Phi) is 5.02. The quantitative estimate of drug-likeness (QED) is 0.454. The zero-order valence-electron chi connectivity index (χ0n) is 10.0. The van der Waals surface area contributed by atoms with Gasteiger partial charge in [-0.25, -0.2) is 9.97 Å². The zero-order valence-corrected chi connectivity index (χ0v) is 10.8. The molecule has 0 unspecified atom stereocenters. The molecule has 0 aliphatic heterocycles. The fourth-order valence-electron chi connectivity index (χ4n) is 1.14. The van der Waals surface area contributed by atoms with Gasteiger partial charge in [-0.3, -0.25) is 4.79 Å². The van der Waals surface area contributed by atoms with Crippen LogP contribution in [0.15, 0.2) is 11.2 Å². The van der Waals surface area contributed by atoms with Gasteiger partial charge in [-0.15, -0.1) is 0 Å². The predicted molar refractivity (Wildman–Crippen MR) is 69.5 cm³/mol. The van der Waals surface area contributed by atoms with Crippen molar-refractivity contribution in [1.29, 1.82) is 0 Å². The molecule has 4 N–H and O–H groups in total. The Labute approximate surface area is 105 Å². The van der Waals surface area contributed by atoms with Crippen molar-refractivity contribution >= 4 is 29.3 Å². The highest BCUT2D eigenvalue weighted by atomic mass is 32.2. The fourth-order valence-corrected chi connectivity index (χ4v) is 1.95. The molecular weight excluding hydrogens is 238 g/mol. The minimum atomic E-state index is 0.124. The SMILES string of the molecule is CN(C)C(=O)CCCSc1nc(N)cc(N)n1. The summed E-state index contributed by atoms with van der Waals surface area (Å²) in [6, 6.07) is 1.51. The van der Waals surface area contributed by atoms with E-state index in [0.29, 0.717) is 23.2 Å². The van der Waals surface area contributed by atoms with Crippen molar-refractivity contribution in [2.75, 3.05) is 31.3 Å². The second-order valence-electron chi connectivity index (χ2n) is 3.74. The molecule has 0 aliphatic rings. The van der Waals surface area contributed by atoms with E-state index in [1.54, 1.807) is 19.0 Å².